The molecule has 2 aromatic carbocycles. The second-order valence-electron chi connectivity index (χ2n) is 9.10. The SMILES string of the molecule is O=C1CCCC(c2ccc(F)c(F)c2)N1C(=O)NCCCN1CCC(c2ccc(F)cc2)CC1. The van der Waals surface area contributed by atoms with E-state index in [1.165, 1.54) is 23.8 Å². The molecule has 0 saturated carbocycles. The molecule has 0 radical (unpaired) electrons. The fraction of sp³-hybridized carbons (Fsp3) is 0.462. The summed E-state index contributed by atoms with van der Waals surface area (Å²) in [5.74, 6) is -2.02. The number of halogens is 3. The molecular formula is C26H30F3N3O2. The molecule has 1 N–H and O–H groups in total. The number of likely N-dealkylation sites (tertiary alicyclic amines) is 2. The van der Waals surface area contributed by atoms with Crippen LogP contribution in [0.5, 0.6) is 0 Å². The maximum Gasteiger partial charge on any atom is 0.324 e. The molecule has 34 heavy (non-hydrogen) atoms. The predicted molar refractivity (Wildman–Crippen MR) is 123 cm³/mol. The molecule has 0 aromatic heterocycles. The van der Waals surface area contributed by atoms with E-state index in [1.807, 2.05) is 12.1 Å². The fourth-order valence-corrected chi connectivity index (χ4v) is 4.97. The molecule has 2 saturated heterocycles. The van der Waals surface area contributed by atoms with Crippen molar-refractivity contribution in [2.75, 3.05) is 26.2 Å². The number of piperidine rings is 2. The quantitative estimate of drug-likeness (QED) is 0.592. The molecular weight excluding hydrogens is 443 g/mol. The van der Waals surface area contributed by atoms with Crippen LogP contribution < -0.4 is 5.32 Å². The van der Waals surface area contributed by atoms with E-state index in [9.17, 15) is 22.8 Å². The van der Waals surface area contributed by atoms with Crippen LogP contribution >= 0.6 is 0 Å². The van der Waals surface area contributed by atoms with E-state index in [1.54, 1.807) is 0 Å². The van der Waals surface area contributed by atoms with Crippen LogP contribution in [0.1, 0.15) is 61.6 Å². The summed E-state index contributed by atoms with van der Waals surface area (Å²) in [7, 11) is 0. The number of urea groups is 1. The molecule has 4 rings (SSSR count). The Balaban J connectivity index is 1.24. The van der Waals surface area contributed by atoms with E-state index in [0.29, 0.717) is 30.9 Å². The van der Waals surface area contributed by atoms with Crippen molar-refractivity contribution in [1.29, 1.82) is 0 Å². The largest absolute Gasteiger partial charge is 0.338 e. The van der Waals surface area contributed by atoms with Crippen LogP contribution in [0.3, 0.4) is 0 Å². The number of carbonyl (C=O) groups excluding carboxylic acids is 2. The van der Waals surface area contributed by atoms with Crippen molar-refractivity contribution in [3.8, 4) is 0 Å². The molecule has 5 nitrogen and oxygen atoms in total. The molecule has 8 heteroatoms. The van der Waals surface area contributed by atoms with Gasteiger partial charge in [-0.15, -0.1) is 0 Å². The van der Waals surface area contributed by atoms with E-state index < -0.39 is 23.7 Å². The number of benzene rings is 2. The zero-order valence-electron chi connectivity index (χ0n) is 19.1. The number of nitrogens with zero attached hydrogens (tertiary/aromatic N) is 2. The van der Waals surface area contributed by atoms with Crippen LogP contribution in [0.4, 0.5) is 18.0 Å². The highest BCUT2D eigenvalue weighted by molar-refractivity contribution is 5.95. The maximum atomic E-state index is 13.7. The summed E-state index contributed by atoms with van der Waals surface area (Å²) >= 11 is 0. The summed E-state index contributed by atoms with van der Waals surface area (Å²) < 4.78 is 40.2. The van der Waals surface area contributed by atoms with Crippen molar-refractivity contribution in [2.24, 2.45) is 0 Å². The highest BCUT2D eigenvalue weighted by Gasteiger charge is 2.34. The Labute approximate surface area is 197 Å². The van der Waals surface area contributed by atoms with Crippen molar-refractivity contribution in [3.63, 3.8) is 0 Å². The zero-order valence-corrected chi connectivity index (χ0v) is 19.1. The highest BCUT2D eigenvalue weighted by Crippen LogP contribution is 2.32. The van der Waals surface area contributed by atoms with Crippen molar-refractivity contribution < 1.29 is 22.8 Å². The first-order valence-corrected chi connectivity index (χ1v) is 11.9. The van der Waals surface area contributed by atoms with Crippen LogP contribution in [-0.4, -0.2) is 47.9 Å². The molecule has 2 aliphatic heterocycles. The molecule has 2 aliphatic rings. The monoisotopic (exact) mass is 473 g/mol. The van der Waals surface area contributed by atoms with Gasteiger partial charge in [-0.3, -0.25) is 9.69 Å². The van der Waals surface area contributed by atoms with Gasteiger partial charge in [-0.05, 0) is 93.0 Å². The number of imide groups is 1. The first-order valence-electron chi connectivity index (χ1n) is 11.9. The Morgan fingerprint density at radius 2 is 1.65 bits per heavy atom. The molecule has 0 bridgehead atoms. The van der Waals surface area contributed by atoms with Crippen molar-refractivity contribution in [1.82, 2.24) is 15.1 Å². The number of rotatable bonds is 6. The molecule has 1 unspecified atom stereocenters. The molecule has 182 valence electrons. The topological polar surface area (TPSA) is 52.7 Å². The standard InChI is InChI=1S/C26H30F3N3O2/c27-21-8-5-18(6-9-21)19-11-15-31(16-12-19)14-2-13-30-26(34)32-24(3-1-4-25(32)33)20-7-10-22(28)23(29)17-20/h5-10,17,19,24H,1-4,11-16H2,(H,30,34). The van der Waals surface area contributed by atoms with Gasteiger partial charge >= 0.3 is 6.03 Å². The summed E-state index contributed by atoms with van der Waals surface area (Å²) in [6, 6.07) is 9.17. The normalized spacial score (nSPS) is 19.9. The zero-order chi connectivity index (χ0) is 24.1. The van der Waals surface area contributed by atoms with E-state index in [2.05, 4.69) is 10.2 Å². The van der Waals surface area contributed by atoms with Gasteiger partial charge < -0.3 is 10.2 Å². The lowest BCUT2D eigenvalue weighted by Gasteiger charge is -2.34. The number of nitrogens with one attached hydrogen (secondary N) is 1. The lowest BCUT2D eigenvalue weighted by atomic mass is 9.89. The second kappa shape index (κ2) is 11.0. The van der Waals surface area contributed by atoms with Gasteiger partial charge in [-0.2, -0.15) is 0 Å². The van der Waals surface area contributed by atoms with Crippen molar-refractivity contribution in [2.45, 2.75) is 50.5 Å². The van der Waals surface area contributed by atoms with Gasteiger partial charge in [0.1, 0.15) is 5.82 Å². The van der Waals surface area contributed by atoms with E-state index in [4.69, 9.17) is 0 Å². The van der Waals surface area contributed by atoms with Gasteiger partial charge in [0.05, 0.1) is 6.04 Å². The molecule has 3 amide bonds. The Kier molecular flexibility index (Phi) is 7.88. The fourth-order valence-electron chi connectivity index (χ4n) is 4.97. The summed E-state index contributed by atoms with van der Waals surface area (Å²) in [4.78, 5) is 28.8. The van der Waals surface area contributed by atoms with E-state index >= 15 is 0 Å². The number of hydrogen-bond acceptors (Lipinski definition) is 3. The molecule has 0 aliphatic carbocycles. The summed E-state index contributed by atoms with van der Waals surface area (Å²) in [5, 5.41) is 2.82. The van der Waals surface area contributed by atoms with Gasteiger partial charge in [-0.1, -0.05) is 18.2 Å². The maximum absolute atomic E-state index is 13.7. The lowest BCUT2D eigenvalue weighted by molar-refractivity contribution is -0.132. The van der Waals surface area contributed by atoms with Crippen molar-refractivity contribution >= 4 is 11.9 Å². The van der Waals surface area contributed by atoms with Crippen molar-refractivity contribution in [3.05, 3.63) is 71.0 Å². The van der Waals surface area contributed by atoms with Gasteiger partial charge in [-0.25, -0.2) is 18.0 Å². The Morgan fingerprint density at radius 1 is 0.941 bits per heavy atom. The van der Waals surface area contributed by atoms with Gasteiger partial charge in [0, 0.05) is 13.0 Å². The van der Waals surface area contributed by atoms with Gasteiger partial charge in [0.15, 0.2) is 11.6 Å². The Bertz CT molecular complexity index is 1010. The van der Waals surface area contributed by atoms with Crippen LogP contribution in [0.25, 0.3) is 0 Å². The summed E-state index contributed by atoms with van der Waals surface area (Å²) in [6.45, 7) is 3.14. The molecule has 1 atom stereocenters. The highest BCUT2D eigenvalue weighted by atomic mass is 19.2. The Morgan fingerprint density at radius 3 is 2.35 bits per heavy atom. The van der Waals surface area contributed by atoms with Crippen LogP contribution in [0.2, 0.25) is 0 Å². The summed E-state index contributed by atoms with van der Waals surface area (Å²) in [6.07, 6.45) is 4.14. The smallest absolute Gasteiger partial charge is 0.324 e. The Hall–Kier alpha value is -2.87. The minimum absolute atomic E-state index is 0.217. The minimum Gasteiger partial charge on any atom is -0.338 e. The average molecular weight is 474 g/mol. The molecule has 2 heterocycles. The predicted octanol–water partition coefficient (Wildman–Crippen LogP) is 5.14. The average Bonchev–Trinajstić information content (AvgIpc) is 2.84. The number of carbonyl (C=O) groups is 2. The summed E-state index contributed by atoms with van der Waals surface area (Å²) in [5.41, 5.74) is 1.60. The third-order valence-corrected chi connectivity index (χ3v) is 6.85. The lowest BCUT2D eigenvalue weighted by Crippen LogP contribution is -2.48. The van der Waals surface area contributed by atoms with E-state index in [-0.39, 0.29) is 18.1 Å². The van der Waals surface area contributed by atoms with Crippen LogP contribution in [0, 0.1) is 17.5 Å². The van der Waals surface area contributed by atoms with Crippen LogP contribution in [0.15, 0.2) is 42.5 Å². The number of hydrogen-bond donors (Lipinski definition) is 1. The third kappa shape index (κ3) is 5.78. The van der Waals surface area contributed by atoms with Gasteiger partial charge in [0.25, 0.3) is 0 Å². The minimum atomic E-state index is -0.987. The second-order valence-corrected chi connectivity index (χ2v) is 9.10. The van der Waals surface area contributed by atoms with Crippen LogP contribution in [-0.2, 0) is 4.79 Å². The number of amides is 3. The molecule has 2 fully saturated rings. The first-order chi connectivity index (χ1) is 16.4. The van der Waals surface area contributed by atoms with E-state index in [0.717, 1.165) is 55.9 Å². The third-order valence-electron chi connectivity index (χ3n) is 6.85. The molecule has 0 spiro atoms. The van der Waals surface area contributed by atoms with Gasteiger partial charge in [0.2, 0.25) is 5.91 Å². The first kappa shape index (κ1) is 24.3. The molecule has 2 aromatic rings.